The average molecular weight is 382 g/mol. The molecule has 0 radical (unpaired) electrons. The minimum absolute atomic E-state index is 0.109. The van der Waals surface area contributed by atoms with Crippen LogP contribution in [0.2, 0.25) is 0 Å². The van der Waals surface area contributed by atoms with Gasteiger partial charge in [-0.15, -0.1) is 0 Å². The van der Waals surface area contributed by atoms with E-state index in [1.807, 2.05) is 30.9 Å². The fraction of sp³-hybridized carbons (Fsp3) is 0.600. The molecule has 0 aliphatic carbocycles. The number of carbonyl (C=O) groups excluding carboxylic acids is 1. The molecule has 8 nitrogen and oxygen atoms in total. The zero-order chi connectivity index (χ0) is 20.1. The molecule has 1 amide bonds. The third kappa shape index (κ3) is 4.94. The molecule has 0 N–H and O–H groups in total. The number of hydrogen-bond donors (Lipinski definition) is 0. The maximum Gasteiger partial charge on any atom is 0.410 e. The summed E-state index contributed by atoms with van der Waals surface area (Å²) in [6.07, 6.45) is 0.788. The molecule has 1 aromatic rings. The average Bonchev–Trinajstić information content (AvgIpc) is 2.66. The number of carbonyl (C=O) groups is 1. The first-order valence-corrected chi connectivity index (χ1v) is 9.70. The van der Waals surface area contributed by atoms with Gasteiger partial charge in [0.15, 0.2) is 0 Å². The molecular formula is C20H26N6O2. The van der Waals surface area contributed by atoms with Gasteiger partial charge in [-0.1, -0.05) is 17.2 Å². The summed E-state index contributed by atoms with van der Waals surface area (Å²) in [5.41, 5.74) is 10.5. The van der Waals surface area contributed by atoms with Crippen LogP contribution in [0.3, 0.4) is 0 Å². The summed E-state index contributed by atoms with van der Waals surface area (Å²) in [6, 6.07) is 9.01. The lowest BCUT2D eigenvalue weighted by Gasteiger charge is -2.46. The van der Waals surface area contributed by atoms with E-state index in [0.29, 0.717) is 37.0 Å². The Morgan fingerprint density at radius 1 is 1.29 bits per heavy atom. The molecule has 2 aliphatic heterocycles. The number of nitriles is 1. The maximum absolute atomic E-state index is 12.2. The van der Waals surface area contributed by atoms with Crippen molar-refractivity contribution in [2.24, 2.45) is 17.0 Å². The molecule has 28 heavy (non-hydrogen) atoms. The standard InChI is InChI=1S/C20H26N6O2/c1-14(2)28-20(27)26-11-16-7-17(12-26)10-25(9-16)13-19(23-24-22)18-5-3-15(8-21)4-6-18/h3-6,14,16-17,19H,7,9-13H2,1-2H3. The summed E-state index contributed by atoms with van der Waals surface area (Å²) in [4.78, 5) is 19.4. The van der Waals surface area contributed by atoms with Crippen molar-refractivity contribution in [1.29, 1.82) is 5.26 Å². The highest BCUT2D eigenvalue weighted by atomic mass is 16.6. The van der Waals surface area contributed by atoms with Gasteiger partial charge in [0.25, 0.3) is 0 Å². The Labute approximate surface area is 165 Å². The van der Waals surface area contributed by atoms with Gasteiger partial charge in [-0.25, -0.2) is 4.79 Å². The van der Waals surface area contributed by atoms with Crippen LogP contribution in [-0.2, 0) is 4.74 Å². The van der Waals surface area contributed by atoms with Crippen LogP contribution in [0.5, 0.6) is 0 Å². The molecule has 0 spiro atoms. The summed E-state index contributed by atoms with van der Waals surface area (Å²) in [5.74, 6) is 0.805. The van der Waals surface area contributed by atoms with Crippen LogP contribution in [0, 0.1) is 23.2 Å². The molecule has 3 atom stereocenters. The molecule has 2 aliphatic rings. The molecule has 3 unspecified atom stereocenters. The molecule has 148 valence electrons. The van der Waals surface area contributed by atoms with Crippen molar-refractivity contribution in [3.05, 3.63) is 45.8 Å². The minimum atomic E-state index is -0.293. The van der Waals surface area contributed by atoms with Gasteiger partial charge < -0.3 is 14.5 Å². The van der Waals surface area contributed by atoms with Gasteiger partial charge in [-0.05, 0) is 55.3 Å². The van der Waals surface area contributed by atoms with E-state index in [1.165, 1.54) is 0 Å². The quantitative estimate of drug-likeness (QED) is 0.439. The Hall–Kier alpha value is -2.75. The maximum atomic E-state index is 12.2. The first-order chi connectivity index (χ1) is 13.5. The highest BCUT2D eigenvalue weighted by Gasteiger charge is 2.37. The van der Waals surface area contributed by atoms with Gasteiger partial charge in [0, 0.05) is 37.6 Å². The third-order valence-corrected chi connectivity index (χ3v) is 5.30. The lowest BCUT2D eigenvalue weighted by Crippen LogP contribution is -2.54. The second kappa shape index (κ2) is 8.96. The lowest BCUT2D eigenvalue weighted by molar-refractivity contribution is 0.0126. The fourth-order valence-corrected chi connectivity index (χ4v) is 4.26. The Morgan fingerprint density at radius 3 is 2.46 bits per heavy atom. The van der Waals surface area contributed by atoms with Gasteiger partial charge in [0.05, 0.1) is 23.8 Å². The van der Waals surface area contributed by atoms with Crippen LogP contribution < -0.4 is 0 Å². The molecular weight excluding hydrogens is 356 g/mol. The number of fused-ring (bicyclic) bond motifs is 2. The summed E-state index contributed by atoms with van der Waals surface area (Å²) < 4.78 is 5.35. The zero-order valence-electron chi connectivity index (χ0n) is 16.4. The SMILES string of the molecule is CC(C)OC(=O)N1CC2CC(CN(CC(N=[N+]=[N-])c3ccc(C#N)cc3)C2)C1. The van der Waals surface area contributed by atoms with Gasteiger partial charge in [0.1, 0.15) is 0 Å². The van der Waals surface area contributed by atoms with Crippen LogP contribution in [0.4, 0.5) is 4.79 Å². The summed E-state index contributed by atoms with van der Waals surface area (Å²) in [6.45, 7) is 7.53. The number of amides is 1. The van der Waals surface area contributed by atoms with Crippen LogP contribution >= 0.6 is 0 Å². The number of rotatable bonds is 5. The van der Waals surface area contributed by atoms with E-state index in [-0.39, 0.29) is 18.2 Å². The van der Waals surface area contributed by atoms with Gasteiger partial charge in [-0.2, -0.15) is 5.26 Å². The van der Waals surface area contributed by atoms with Crippen LogP contribution in [0.1, 0.15) is 37.4 Å². The minimum Gasteiger partial charge on any atom is -0.447 e. The van der Waals surface area contributed by atoms with Crippen molar-refractivity contribution >= 4 is 6.09 Å². The molecule has 1 aromatic carbocycles. The number of hydrogen-bond acceptors (Lipinski definition) is 5. The van der Waals surface area contributed by atoms with Crippen molar-refractivity contribution in [2.45, 2.75) is 32.4 Å². The van der Waals surface area contributed by atoms with E-state index in [9.17, 15) is 4.79 Å². The predicted octanol–water partition coefficient (Wildman–Crippen LogP) is 3.71. The molecule has 3 rings (SSSR count). The molecule has 2 heterocycles. The normalized spacial score (nSPS) is 22.9. The Bertz CT molecular complexity index is 767. The summed E-state index contributed by atoms with van der Waals surface area (Å²) in [5, 5.41) is 12.9. The van der Waals surface area contributed by atoms with Crippen molar-refractivity contribution in [3.8, 4) is 6.07 Å². The summed E-state index contributed by atoms with van der Waals surface area (Å²) >= 11 is 0. The number of ether oxygens (including phenoxy) is 1. The first-order valence-electron chi connectivity index (χ1n) is 9.70. The van der Waals surface area contributed by atoms with Gasteiger partial charge in [-0.3, -0.25) is 0 Å². The number of nitrogens with zero attached hydrogens (tertiary/aromatic N) is 6. The second-order valence-electron chi connectivity index (χ2n) is 7.98. The predicted molar refractivity (Wildman–Crippen MR) is 104 cm³/mol. The van der Waals surface area contributed by atoms with Crippen molar-refractivity contribution in [3.63, 3.8) is 0 Å². The highest BCUT2D eigenvalue weighted by Crippen LogP contribution is 2.31. The highest BCUT2D eigenvalue weighted by molar-refractivity contribution is 5.68. The third-order valence-electron chi connectivity index (χ3n) is 5.30. The monoisotopic (exact) mass is 382 g/mol. The van der Waals surface area contributed by atoms with Crippen molar-refractivity contribution < 1.29 is 9.53 Å². The molecule has 8 heteroatoms. The smallest absolute Gasteiger partial charge is 0.410 e. The van der Waals surface area contributed by atoms with Crippen LogP contribution in [0.15, 0.2) is 29.4 Å². The number of azide groups is 1. The Kier molecular flexibility index (Phi) is 6.40. The van der Waals surface area contributed by atoms with Crippen molar-refractivity contribution in [1.82, 2.24) is 9.80 Å². The Balaban J connectivity index is 1.63. The van der Waals surface area contributed by atoms with Crippen LogP contribution in [0.25, 0.3) is 10.4 Å². The van der Waals surface area contributed by atoms with Crippen molar-refractivity contribution in [2.75, 3.05) is 32.7 Å². The second-order valence-corrected chi connectivity index (χ2v) is 7.98. The van der Waals surface area contributed by atoms with E-state index < -0.39 is 0 Å². The first kappa shape index (κ1) is 20.0. The number of piperidine rings is 2. The molecule has 2 bridgehead atoms. The molecule has 2 saturated heterocycles. The topological polar surface area (TPSA) is 105 Å². The largest absolute Gasteiger partial charge is 0.447 e. The van der Waals surface area contributed by atoms with Gasteiger partial charge in [0.2, 0.25) is 0 Å². The lowest BCUT2D eigenvalue weighted by atomic mass is 9.84. The molecule has 0 saturated carbocycles. The van der Waals surface area contributed by atoms with E-state index in [0.717, 1.165) is 25.1 Å². The van der Waals surface area contributed by atoms with E-state index >= 15 is 0 Å². The fourth-order valence-electron chi connectivity index (χ4n) is 4.26. The summed E-state index contributed by atoms with van der Waals surface area (Å²) in [7, 11) is 0. The number of likely N-dealkylation sites (tertiary alicyclic amines) is 2. The Morgan fingerprint density at radius 2 is 1.93 bits per heavy atom. The van der Waals surface area contributed by atoms with E-state index in [4.69, 9.17) is 15.5 Å². The molecule has 0 aromatic heterocycles. The number of benzene rings is 1. The van der Waals surface area contributed by atoms with E-state index in [1.54, 1.807) is 12.1 Å². The van der Waals surface area contributed by atoms with Crippen LogP contribution in [-0.4, -0.2) is 54.7 Å². The van der Waals surface area contributed by atoms with Gasteiger partial charge >= 0.3 is 6.09 Å². The van der Waals surface area contributed by atoms with E-state index in [2.05, 4.69) is 21.0 Å². The zero-order valence-corrected chi connectivity index (χ0v) is 16.4. The molecule has 2 fully saturated rings.